The van der Waals surface area contributed by atoms with Crippen LogP contribution in [0.15, 0.2) is 39.4 Å². The maximum Gasteiger partial charge on any atom is 0.257 e. The first-order valence-electron chi connectivity index (χ1n) is 7.49. The molecule has 1 saturated heterocycles. The highest BCUT2D eigenvalue weighted by atomic mass is 32.1. The van der Waals surface area contributed by atoms with E-state index in [1.807, 2.05) is 28.8 Å². The molecule has 0 radical (unpaired) electrons. The van der Waals surface area contributed by atoms with E-state index in [2.05, 4.69) is 39.5 Å². The van der Waals surface area contributed by atoms with Crippen LogP contribution in [0.5, 0.6) is 0 Å². The van der Waals surface area contributed by atoms with Crippen molar-refractivity contribution < 1.29 is 4.42 Å². The zero-order valence-electron chi connectivity index (χ0n) is 12.3. The Bertz CT molecular complexity index is 721. The fraction of sp³-hybridized carbons (Fsp3) is 0.375. The smallest absolute Gasteiger partial charge is 0.257 e. The highest BCUT2D eigenvalue weighted by Gasteiger charge is 2.33. The van der Waals surface area contributed by atoms with Crippen LogP contribution in [0.3, 0.4) is 0 Å². The van der Waals surface area contributed by atoms with Gasteiger partial charge in [-0.25, -0.2) is 0 Å². The predicted molar refractivity (Wildman–Crippen MR) is 89.0 cm³/mol. The number of hydrogen-bond donors (Lipinski definition) is 0. The molecule has 4 rings (SSSR count). The van der Waals surface area contributed by atoms with E-state index in [1.165, 1.54) is 17.7 Å². The average Bonchev–Trinajstić information content (AvgIpc) is 3.35. The van der Waals surface area contributed by atoms with Crippen molar-refractivity contribution in [1.29, 1.82) is 0 Å². The minimum atomic E-state index is 0.149. The normalized spacial score (nSPS) is 20.5. The number of aromatic nitrogens is 2. The molecule has 1 aliphatic rings. The van der Waals surface area contributed by atoms with Gasteiger partial charge in [-0.1, -0.05) is 12.1 Å². The highest BCUT2D eigenvalue weighted by molar-refractivity contribution is 7.13. The van der Waals surface area contributed by atoms with Crippen molar-refractivity contribution in [3.63, 3.8) is 0 Å². The minimum absolute atomic E-state index is 0.149. The molecule has 114 valence electrons. The minimum Gasteiger partial charge on any atom is -0.418 e. The van der Waals surface area contributed by atoms with E-state index in [-0.39, 0.29) is 6.04 Å². The topological polar surface area (TPSA) is 42.2 Å². The number of nitrogens with zero attached hydrogens (tertiary/aromatic N) is 3. The summed E-state index contributed by atoms with van der Waals surface area (Å²) in [5, 5.41) is 12.7. The summed E-state index contributed by atoms with van der Waals surface area (Å²) in [5.41, 5.74) is 0. The third kappa shape index (κ3) is 2.51. The third-order valence-corrected chi connectivity index (χ3v) is 6.02. The second-order valence-electron chi connectivity index (χ2n) is 5.51. The summed E-state index contributed by atoms with van der Waals surface area (Å²) in [5.74, 6) is 1.34. The van der Waals surface area contributed by atoms with Crippen LogP contribution in [0.4, 0.5) is 0 Å². The summed E-state index contributed by atoms with van der Waals surface area (Å²) in [6.45, 7) is 3.25. The molecule has 6 heteroatoms. The summed E-state index contributed by atoms with van der Waals surface area (Å²) in [6, 6.07) is 8.99. The van der Waals surface area contributed by atoms with Crippen molar-refractivity contribution in [3.8, 4) is 10.8 Å². The van der Waals surface area contributed by atoms with Gasteiger partial charge in [0.1, 0.15) is 0 Å². The van der Waals surface area contributed by atoms with Crippen molar-refractivity contribution in [2.24, 2.45) is 0 Å². The summed E-state index contributed by atoms with van der Waals surface area (Å²) in [4.78, 5) is 4.95. The Hall–Kier alpha value is -1.50. The molecular weight excluding hydrogens is 314 g/mol. The maximum absolute atomic E-state index is 5.92. The Kier molecular flexibility index (Phi) is 3.82. The molecule has 0 aliphatic carbocycles. The fourth-order valence-corrected chi connectivity index (χ4v) is 4.61. The Morgan fingerprint density at radius 2 is 2.09 bits per heavy atom. The summed E-state index contributed by atoms with van der Waals surface area (Å²) >= 11 is 3.46. The van der Waals surface area contributed by atoms with Crippen molar-refractivity contribution >= 4 is 22.7 Å². The van der Waals surface area contributed by atoms with E-state index in [4.69, 9.17) is 4.42 Å². The lowest BCUT2D eigenvalue weighted by molar-refractivity contribution is 0.170. The van der Waals surface area contributed by atoms with Gasteiger partial charge in [0.05, 0.1) is 10.9 Å². The van der Waals surface area contributed by atoms with Crippen LogP contribution in [0.2, 0.25) is 0 Å². The van der Waals surface area contributed by atoms with Gasteiger partial charge in [-0.15, -0.1) is 32.9 Å². The van der Waals surface area contributed by atoms with Crippen LogP contribution in [-0.2, 0) is 0 Å². The van der Waals surface area contributed by atoms with Gasteiger partial charge in [-0.2, -0.15) is 0 Å². The standard InChI is InChI=1S/C16H17N3OS2/c1-11(15-17-18-16(20-15)14-7-4-10-22-14)19-8-2-5-12(19)13-6-3-9-21-13/h3-4,6-7,9-12H,2,5,8H2,1H3/t11-,12+/m1/s1. The van der Waals surface area contributed by atoms with Gasteiger partial charge < -0.3 is 4.42 Å². The van der Waals surface area contributed by atoms with Crippen LogP contribution in [0.1, 0.15) is 42.6 Å². The molecule has 1 fully saturated rings. The lowest BCUT2D eigenvalue weighted by Crippen LogP contribution is -2.26. The van der Waals surface area contributed by atoms with Gasteiger partial charge in [0, 0.05) is 10.9 Å². The van der Waals surface area contributed by atoms with Gasteiger partial charge in [0.25, 0.3) is 5.89 Å². The molecule has 3 aromatic rings. The molecule has 0 amide bonds. The van der Waals surface area contributed by atoms with Gasteiger partial charge in [0.15, 0.2) is 0 Å². The molecule has 2 atom stereocenters. The average molecular weight is 331 g/mol. The first-order chi connectivity index (χ1) is 10.8. The summed E-state index contributed by atoms with van der Waals surface area (Å²) in [7, 11) is 0. The fourth-order valence-electron chi connectivity index (χ4n) is 3.08. The molecule has 0 saturated carbocycles. The van der Waals surface area contributed by atoms with E-state index in [1.54, 1.807) is 11.3 Å². The molecule has 0 spiro atoms. The van der Waals surface area contributed by atoms with Crippen LogP contribution >= 0.6 is 22.7 Å². The molecule has 0 aromatic carbocycles. The molecule has 0 unspecified atom stereocenters. The van der Waals surface area contributed by atoms with Gasteiger partial charge in [0.2, 0.25) is 5.89 Å². The lowest BCUT2D eigenvalue weighted by atomic mass is 10.1. The molecule has 4 nitrogen and oxygen atoms in total. The molecule has 22 heavy (non-hydrogen) atoms. The zero-order valence-corrected chi connectivity index (χ0v) is 13.9. The van der Waals surface area contributed by atoms with Crippen molar-refractivity contribution in [2.45, 2.75) is 31.8 Å². The van der Waals surface area contributed by atoms with Crippen LogP contribution in [-0.4, -0.2) is 21.6 Å². The Labute approximate surface area is 137 Å². The van der Waals surface area contributed by atoms with E-state index in [9.17, 15) is 0 Å². The number of likely N-dealkylation sites (tertiary alicyclic amines) is 1. The Morgan fingerprint density at radius 1 is 1.23 bits per heavy atom. The molecule has 3 aromatic heterocycles. The molecule has 0 bridgehead atoms. The Balaban J connectivity index is 1.57. The van der Waals surface area contributed by atoms with E-state index < -0.39 is 0 Å². The molecule has 0 N–H and O–H groups in total. The second-order valence-corrected chi connectivity index (χ2v) is 7.44. The largest absolute Gasteiger partial charge is 0.418 e. The number of thiophene rings is 2. The number of rotatable bonds is 4. The molecular formula is C16H17N3OS2. The first-order valence-corrected chi connectivity index (χ1v) is 9.25. The van der Waals surface area contributed by atoms with Crippen molar-refractivity contribution in [3.05, 3.63) is 45.8 Å². The SMILES string of the molecule is C[C@H](c1nnc(-c2cccs2)o1)N1CCC[C@H]1c1cccs1. The summed E-state index contributed by atoms with van der Waals surface area (Å²) < 4.78 is 5.92. The van der Waals surface area contributed by atoms with Crippen LogP contribution in [0, 0.1) is 0 Å². The summed E-state index contributed by atoms with van der Waals surface area (Å²) in [6.07, 6.45) is 2.43. The monoisotopic (exact) mass is 331 g/mol. The van der Waals surface area contributed by atoms with Crippen LogP contribution in [0.25, 0.3) is 10.8 Å². The second kappa shape index (κ2) is 5.95. The van der Waals surface area contributed by atoms with Gasteiger partial charge >= 0.3 is 0 Å². The first kappa shape index (κ1) is 14.1. The van der Waals surface area contributed by atoms with E-state index in [0.717, 1.165) is 11.4 Å². The number of hydrogen-bond acceptors (Lipinski definition) is 6. The van der Waals surface area contributed by atoms with Gasteiger partial charge in [-0.05, 0) is 49.2 Å². The predicted octanol–water partition coefficient (Wildman–Crippen LogP) is 4.76. The molecule has 4 heterocycles. The Morgan fingerprint density at radius 3 is 2.86 bits per heavy atom. The molecule has 1 aliphatic heterocycles. The van der Waals surface area contributed by atoms with Crippen molar-refractivity contribution in [1.82, 2.24) is 15.1 Å². The van der Waals surface area contributed by atoms with Crippen molar-refractivity contribution in [2.75, 3.05) is 6.54 Å². The van der Waals surface area contributed by atoms with E-state index in [0.29, 0.717) is 17.8 Å². The highest BCUT2D eigenvalue weighted by Crippen LogP contribution is 2.40. The third-order valence-electron chi connectivity index (χ3n) is 4.19. The zero-order chi connectivity index (χ0) is 14.9. The quantitative estimate of drug-likeness (QED) is 0.691. The van der Waals surface area contributed by atoms with Crippen LogP contribution < -0.4 is 0 Å². The maximum atomic E-state index is 5.92. The lowest BCUT2D eigenvalue weighted by Gasteiger charge is -2.27. The van der Waals surface area contributed by atoms with E-state index >= 15 is 0 Å². The van der Waals surface area contributed by atoms with Gasteiger partial charge in [-0.3, -0.25) is 4.90 Å².